The van der Waals surface area contributed by atoms with Gasteiger partial charge in [0.15, 0.2) is 5.82 Å². The van der Waals surface area contributed by atoms with Crippen LogP contribution in [-0.2, 0) is 6.54 Å². The Labute approximate surface area is 198 Å². The third-order valence-electron chi connectivity index (χ3n) is 6.63. The van der Waals surface area contributed by atoms with Crippen molar-refractivity contribution in [2.45, 2.75) is 45.2 Å². The number of nitrogens with zero attached hydrogens (tertiary/aromatic N) is 5. The minimum absolute atomic E-state index is 0.0913. The number of ether oxygens (including phenoxy) is 1. The van der Waals surface area contributed by atoms with Crippen molar-refractivity contribution in [3.8, 4) is 5.75 Å². The van der Waals surface area contributed by atoms with Crippen LogP contribution in [0.1, 0.15) is 54.2 Å². The number of aryl methyl sites for hydroxylation is 1. The fraction of sp³-hybridized carbons (Fsp3) is 0.385. The Morgan fingerprint density at radius 3 is 2.53 bits per heavy atom. The smallest absolute Gasteiger partial charge is 0.253 e. The van der Waals surface area contributed by atoms with Gasteiger partial charge in [-0.2, -0.15) is 0 Å². The zero-order valence-electron chi connectivity index (χ0n) is 19.7. The van der Waals surface area contributed by atoms with Crippen LogP contribution in [0.15, 0.2) is 53.3 Å². The van der Waals surface area contributed by atoms with Crippen molar-refractivity contribution in [3.05, 3.63) is 81.4 Å². The molecule has 176 valence electrons. The third kappa shape index (κ3) is 4.59. The molecule has 1 N–H and O–H groups in total. The molecule has 1 atom stereocenters. The van der Waals surface area contributed by atoms with Crippen LogP contribution in [0.3, 0.4) is 0 Å². The Kier molecular flexibility index (Phi) is 6.40. The van der Waals surface area contributed by atoms with Crippen LogP contribution >= 0.6 is 0 Å². The molecule has 1 saturated heterocycles. The largest absolute Gasteiger partial charge is 0.497 e. The predicted molar refractivity (Wildman–Crippen MR) is 131 cm³/mol. The number of benzene rings is 2. The van der Waals surface area contributed by atoms with E-state index in [-0.39, 0.29) is 11.6 Å². The molecule has 0 spiro atoms. The first-order valence-electron chi connectivity index (χ1n) is 11.9. The van der Waals surface area contributed by atoms with Crippen molar-refractivity contribution >= 4 is 10.9 Å². The van der Waals surface area contributed by atoms with Gasteiger partial charge < -0.3 is 9.72 Å². The first-order valence-corrected chi connectivity index (χ1v) is 11.9. The molecule has 1 aliphatic heterocycles. The number of hydrogen-bond acceptors (Lipinski definition) is 6. The lowest BCUT2D eigenvalue weighted by molar-refractivity contribution is 0.220. The molecule has 0 radical (unpaired) electrons. The van der Waals surface area contributed by atoms with E-state index in [0.717, 1.165) is 53.7 Å². The number of fused-ring (bicyclic) bond motifs is 1. The highest BCUT2D eigenvalue weighted by atomic mass is 16.5. The Bertz CT molecular complexity index is 1320. The van der Waals surface area contributed by atoms with E-state index in [1.165, 1.54) is 12.8 Å². The lowest BCUT2D eigenvalue weighted by atomic mass is 10.0. The Hall–Kier alpha value is -3.52. The first kappa shape index (κ1) is 22.3. The molecule has 3 heterocycles. The lowest BCUT2D eigenvalue weighted by Crippen LogP contribution is -2.36. The Morgan fingerprint density at radius 1 is 1.03 bits per heavy atom. The quantitative estimate of drug-likeness (QED) is 0.472. The monoisotopic (exact) mass is 458 g/mol. The minimum atomic E-state index is -0.319. The van der Waals surface area contributed by atoms with Gasteiger partial charge in [-0.25, -0.2) is 4.68 Å². The average molecular weight is 459 g/mol. The van der Waals surface area contributed by atoms with Crippen molar-refractivity contribution in [2.24, 2.45) is 0 Å². The van der Waals surface area contributed by atoms with Crippen LogP contribution in [0.25, 0.3) is 10.9 Å². The fourth-order valence-corrected chi connectivity index (χ4v) is 4.81. The summed E-state index contributed by atoms with van der Waals surface area (Å²) in [6.45, 7) is 4.36. The van der Waals surface area contributed by atoms with E-state index in [1.54, 1.807) is 7.11 Å². The number of rotatable bonds is 6. The second-order valence-electron chi connectivity index (χ2n) is 9.04. The van der Waals surface area contributed by atoms with Gasteiger partial charge in [0, 0.05) is 11.1 Å². The number of nitrogens with one attached hydrogen (secondary N) is 1. The van der Waals surface area contributed by atoms with Crippen LogP contribution in [-0.4, -0.2) is 50.3 Å². The molecule has 1 aliphatic rings. The van der Waals surface area contributed by atoms with Crippen LogP contribution in [0.4, 0.5) is 0 Å². The van der Waals surface area contributed by atoms with Gasteiger partial charge in [0.25, 0.3) is 5.56 Å². The predicted octanol–water partition coefficient (Wildman–Crippen LogP) is 3.85. The molecule has 2 aromatic carbocycles. The number of likely N-dealkylation sites (tertiary alicyclic amines) is 1. The van der Waals surface area contributed by atoms with Crippen LogP contribution < -0.4 is 10.3 Å². The summed E-state index contributed by atoms with van der Waals surface area (Å²) in [6.07, 6.45) is 4.60. The molecule has 34 heavy (non-hydrogen) atoms. The van der Waals surface area contributed by atoms with E-state index in [1.807, 2.05) is 48.0 Å². The zero-order valence-corrected chi connectivity index (χ0v) is 19.7. The van der Waals surface area contributed by atoms with Gasteiger partial charge in [0.1, 0.15) is 11.8 Å². The maximum absolute atomic E-state index is 13.4. The lowest BCUT2D eigenvalue weighted by Gasteiger charge is -2.29. The standard InChI is InChI=1S/C26H30N6O2/c1-18-7-10-20-16-22(26(33)27-23(20)15-18)24(31-13-5-3-4-6-14-31)25-28-29-30-32(25)17-19-8-11-21(34-2)12-9-19/h7-12,15-16,24H,3-6,13-14,17H2,1-2H3,(H,27,33)/t24-/m0/s1. The van der Waals surface area contributed by atoms with E-state index in [4.69, 9.17) is 4.74 Å². The normalized spacial score (nSPS) is 15.8. The molecule has 5 rings (SSSR count). The second kappa shape index (κ2) is 9.77. The molecule has 0 amide bonds. The summed E-state index contributed by atoms with van der Waals surface area (Å²) in [5.41, 5.74) is 3.62. The van der Waals surface area contributed by atoms with Gasteiger partial charge in [-0.1, -0.05) is 37.1 Å². The molecule has 0 saturated carbocycles. The van der Waals surface area contributed by atoms with Crippen molar-refractivity contribution < 1.29 is 4.74 Å². The van der Waals surface area contributed by atoms with Crippen molar-refractivity contribution in [3.63, 3.8) is 0 Å². The highest BCUT2D eigenvalue weighted by molar-refractivity contribution is 5.79. The molecular formula is C26H30N6O2. The van der Waals surface area contributed by atoms with E-state index in [2.05, 4.69) is 37.5 Å². The Morgan fingerprint density at radius 2 is 1.79 bits per heavy atom. The van der Waals surface area contributed by atoms with Gasteiger partial charge in [-0.15, -0.1) is 5.10 Å². The number of hydrogen-bond donors (Lipinski definition) is 1. The number of aromatic nitrogens is 5. The minimum Gasteiger partial charge on any atom is -0.497 e. The topological polar surface area (TPSA) is 88.9 Å². The third-order valence-corrected chi connectivity index (χ3v) is 6.63. The van der Waals surface area contributed by atoms with Crippen molar-refractivity contribution in [1.29, 1.82) is 0 Å². The molecular weight excluding hydrogens is 428 g/mol. The molecule has 1 fully saturated rings. The van der Waals surface area contributed by atoms with E-state index >= 15 is 0 Å². The summed E-state index contributed by atoms with van der Waals surface area (Å²) in [7, 11) is 1.66. The van der Waals surface area contributed by atoms with Crippen molar-refractivity contribution in [1.82, 2.24) is 30.1 Å². The molecule has 0 unspecified atom stereocenters. The summed E-state index contributed by atoms with van der Waals surface area (Å²) in [4.78, 5) is 18.8. The molecule has 4 aromatic rings. The molecule has 2 aromatic heterocycles. The maximum atomic E-state index is 13.4. The van der Waals surface area contributed by atoms with E-state index in [9.17, 15) is 4.79 Å². The molecule has 0 aliphatic carbocycles. The van der Waals surface area contributed by atoms with E-state index < -0.39 is 0 Å². The average Bonchev–Trinajstić information content (AvgIpc) is 3.11. The molecule has 0 bridgehead atoms. The SMILES string of the molecule is COc1ccc(Cn2nnnc2[C@H](c2cc3ccc(C)cc3[nH]c2=O)N2CCCCCC2)cc1. The van der Waals surface area contributed by atoms with Crippen LogP contribution in [0, 0.1) is 6.92 Å². The van der Waals surface area contributed by atoms with Gasteiger partial charge >= 0.3 is 0 Å². The summed E-state index contributed by atoms with van der Waals surface area (Å²) in [5.74, 6) is 1.50. The summed E-state index contributed by atoms with van der Waals surface area (Å²) in [6, 6.07) is 15.7. The number of tetrazole rings is 1. The van der Waals surface area contributed by atoms with E-state index in [0.29, 0.717) is 17.9 Å². The Balaban J connectivity index is 1.58. The number of H-pyrrole nitrogens is 1. The zero-order chi connectivity index (χ0) is 23.5. The second-order valence-corrected chi connectivity index (χ2v) is 9.04. The van der Waals surface area contributed by atoms with Gasteiger partial charge in [0.2, 0.25) is 0 Å². The van der Waals surface area contributed by atoms with Crippen LogP contribution in [0.5, 0.6) is 5.75 Å². The van der Waals surface area contributed by atoms with Crippen molar-refractivity contribution in [2.75, 3.05) is 20.2 Å². The number of aromatic amines is 1. The first-order chi connectivity index (χ1) is 16.6. The van der Waals surface area contributed by atoms with Gasteiger partial charge in [-0.3, -0.25) is 9.69 Å². The summed E-state index contributed by atoms with van der Waals surface area (Å²) < 4.78 is 7.09. The highest BCUT2D eigenvalue weighted by Gasteiger charge is 2.30. The van der Waals surface area contributed by atoms with Gasteiger partial charge in [0.05, 0.1) is 13.7 Å². The number of pyridine rings is 1. The molecule has 8 heteroatoms. The maximum Gasteiger partial charge on any atom is 0.253 e. The fourth-order valence-electron chi connectivity index (χ4n) is 4.81. The molecule has 8 nitrogen and oxygen atoms in total. The van der Waals surface area contributed by atoms with Crippen LogP contribution in [0.2, 0.25) is 0 Å². The summed E-state index contributed by atoms with van der Waals surface area (Å²) >= 11 is 0. The summed E-state index contributed by atoms with van der Waals surface area (Å²) in [5, 5.41) is 13.8. The highest BCUT2D eigenvalue weighted by Crippen LogP contribution is 2.29. The van der Waals surface area contributed by atoms with Gasteiger partial charge in [-0.05, 0) is 84.1 Å². The number of methoxy groups -OCH3 is 1.